The molecule has 0 heterocycles. The molecule has 0 aliphatic rings. The van der Waals surface area contributed by atoms with Crippen LogP contribution in [-0.2, 0) is 4.74 Å². The van der Waals surface area contributed by atoms with Crippen LogP contribution < -0.4 is 0 Å². The summed E-state index contributed by atoms with van der Waals surface area (Å²) in [6.07, 6.45) is 10.6. The van der Waals surface area contributed by atoms with Crippen LogP contribution in [-0.4, -0.2) is 12.5 Å². The van der Waals surface area contributed by atoms with E-state index in [1.54, 1.807) is 0 Å². The lowest BCUT2D eigenvalue weighted by atomic mass is 10.0. The van der Waals surface area contributed by atoms with Gasteiger partial charge in [-0.25, -0.2) is 4.39 Å². The predicted molar refractivity (Wildman–Crippen MR) is 73.0 cm³/mol. The van der Waals surface area contributed by atoms with Crippen LogP contribution in [0.15, 0.2) is 0 Å². The first-order valence-electron chi connectivity index (χ1n) is 7.51. The van der Waals surface area contributed by atoms with Gasteiger partial charge in [-0.2, -0.15) is 0 Å². The summed E-state index contributed by atoms with van der Waals surface area (Å²) in [6.45, 7) is 6.59. The fourth-order valence-electron chi connectivity index (χ4n) is 2.25. The van der Waals surface area contributed by atoms with Crippen molar-refractivity contribution in [1.82, 2.24) is 0 Å². The van der Waals surface area contributed by atoms with E-state index in [1.807, 2.05) is 13.8 Å². The Labute approximate surface area is 107 Å². The van der Waals surface area contributed by atoms with E-state index in [-0.39, 0.29) is 0 Å². The molecule has 0 spiro atoms. The van der Waals surface area contributed by atoms with Crippen LogP contribution in [0.25, 0.3) is 0 Å². The van der Waals surface area contributed by atoms with Crippen molar-refractivity contribution in [3.05, 3.63) is 0 Å². The van der Waals surface area contributed by atoms with Crippen molar-refractivity contribution in [3.8, 4) is 0 Å². The lowest BCUT2D eigenvalue weighted by Gasteiger charge is -2.24. The van der Waals surface area contributed by atoms with Crippen LogP contribution in [0.3, 0.4) is 0 Å². The molecule has 0 aliphatic heterocycles. The van der Waals surface area contributed by atoms with Crippen molar-refractivity contribution in [2.75, 3.05) is 6.61 Å². The van der Waals surface area contributed by atoms with Gasteiger partial charge in [-0.1, -0.05) is 58.8 Å². The molecular weight excluding hydrogens is 215 g/mol. The number of hydrogen-bond donors (Lipinski definition) is 0. The van der Waals surface area contributed by atoms with Gasteiger partial charge < -0.3 is 4.74 Å². The molecular formula is C15H31FO. The highest BCUT2D eigenvalue weighted by atomic mass is 19.2. The molecule has 0 aromatic rings. The summed E-state index contributed by atoms with van der Waals surface area (Å²) in [4.78, 5) is 0. The summed E-state index contributed by atoms with van der Waals surface area (Å²) in [5.74, 6) is -1.35. The maximum absolute atomic E-state index is 14.2. The monoisotopic (exact) mass is 246 g/mol. The summed E-state index contributed by atoms with van der Waals surface area (Å²) in [7, 11) is 0. The number of halogens is 1. The lowest BCUT2D eigenvalue weighted by molar-refractivity contribution is -0.152. The van der Waals surface area contributed by atoms with Crippen LogP contribution in [0.1, 0.15) is 85.0 Å². The van der Waals surface area contributed by atoms with Gasteiger partial charge in [-0.05, 0) is 13.3 Å². The standard InChI is InChI=1S/C15H31FO/c1-4-7-8-9-10-11-12-14-15(16,13-5-2)17-6-3/h4-14H2,1-3H3. The summed E-state index contributed by atoms with van der Waals surface area (Å²) in [5.41, 5.74) is 0. The molecule has 0 bridgehead atoms. The number of alkyl halides is 1. The van der Waals surface area contributed by atoms with Crippen molar-refractivity contribution in [2.24, 2.45) is 0 Å². The molecule has 0 saturated heterocycles. The second-order valence-electron chi connectivity index (χ2n) is 4.94. The van der Waals surface area contributed by atoms with E-state index in [9.17, 15) is 4.39 Å². The average molecular weight is 246 g/mol. The largest absolute Gasteiger partial charge is 0.346 e. The normalized spacial score (nSPS) is 14.8. The zero-order chi connectivity index (χ0) is 13.0. The first-order chi connectivity index (χ1) is 8.18. The van der Waals surface area contributed by atoms with Gasteiger partial charge in [-0.15, -0.1) is 0 Å². The summed E-state index contributed by atoms with van der Waals surface area (Å²) >= 11 is 0. The van der Waals surface area contributed by atoms with Crippen LogP contribution in [0.2, 0.25) is 0 Å². The van der Waals surface area contributed by atoms with E-state index in [0.717, 1.165) is 19.3 Å². The Bertz CT molecular complexity index is 153. The molecule has 0 radical (unpaired) electrons. The fourth-order valence-corrected chi connectivity index (χ4v) is 2.25. The second-order valence-corrected chi connectivity index (χ2v) is 4.94. The van der Waals surface area contributed by atoms with Gasteiger partial charge >= 0.3 is 0 Å². The molecule has 104 valence electrons. The Morgan fingerprint density at radius 1 is 0.765 bits per heavy atom. The predicted octanol–water partition coefficient (Wildman–Crippen LogP) is 5.63. The maximum Gasteiger partial charge on any atom is 0.209 e. The van der Waals surface area contributed by atoms with Gasteiger partial charge in [0.2, 0.25) is 5.85 Å². The quantitative estimate of drug-likeness (QED) is 0.405. The molecule has 0 fully saturated rings. The molecule has 2 heteroatoms. The molecule has 0 aromatic carbocycles. The van der Waals surface area contributed by atoms with E-state index < -0.39 is 5.85 Å². The van der Waals surface area contributed by atoms with Gasteiger partial charge in [0, 0.05) is 19.4 Å². The second kappa shape index (κ2) is 11.0. The SMILES string of the molecule is CCCCCCCCCC(F)(CCC)OCC. The smallest absolute Gasteiger partial charge is 0.209 e. The van der Waals surface area contributed by atoms with E-state index in [2.05, 4.69) is 6.92 Å². The Morgan fingerprint density at radius 2 is 1.35 bits per heavy atom. The highest BCUT2D eigenvalue weighted by Gasteiger charge is 2.27. The van der Waals surface area contributed by atoms with Crippen LogP contribution in [0.5, 0.6) is 0 Å². The van der Waals surface area contributed by atoms with E-state index in [4.69, 9.17) is 4.74 Å². The Balaban J connectivity index is 3.54. The summed E-state index contributed by atoms with van der Waals surface area (Å²) in [6, 6.07) is 0. The van der Waals surface area contributed by atoms with Gasteiger partial charge in [0.1, 0.15) is 0 Å². The minimum Gasteiger partial charge on any atom is -0.346 e. The van der Waals surface area contributed by atoms with Crippen LogP contribution in [0, 0.1) is 0 Å². The molecule has 0 aromatic heterocycles. The molecule has 0 rings (SSSR count). The number of ether oxygens (including phenoxy) is 1. The third kappa shape index (κ3) is 9.58. The first kappa shape index (κ1) is 16.9. The molecule has 0 amide bonds. The van der Waals surface area contributed by atoms with Gasteiger partial charge in [0.05, 0.1) is 0 Å². The van der Waals surface area contributed by atoms with Gasteiger partial charge in [0.25, 0.3) is 0 Å². The molecule has 0 saturated carbocycles. The molecule has 1 nitrogen and oxygen atoms in total. The molecule has 0 N–H and O–H groups in total. The first-order valence-corrected chi connectivity index (χ1v) is 7.51. The third-order valence-electron chi connectivity index (χ3n) is 3.18. The van der Waals surface area contributed by atoms with Crippen molar-refractivity contribution >= 4 is 0 Å². The molecule has 1 unspecified atom stereocenters. The average Bonchev–Trinajstić information content (AvgIpc) is 2.28. The number of unbranched alkanes of at least 4 members (excludes halogenated alkanes) is 6. The van der Waals surface area contributed by atoms with Crippen molar-refractivity contribution < 1.29 is 9.13 Å². The lowest BCUT2D eigenvalue weighted by Crippen LogP contribution is -2.26. The van der Waals surface area contributed by atoms with E-state index >= 15 is 0 Å². The molecule has 17 heavy (non-hydrogen) atoms. The Hall–Kier alpha value is -0.110. The van der Waals surface area contributed by atoms with Crippen molar-refractivity contribution in [2.45, 2.75) is 90.8 Å². The molecule has 0 aliphatic carbocycles. The number of rotatable bonds is 12. The van der Waals surface area contributed by atoms with E-state index in [0.29, 0.717) is 19.4 Å². The topological polar surface area (TPSA) is 9.23 Å². The fraction of sp³-hybridized carbons (Fsp3) is 1.00. The molecule has 1 atom stereocenters. The van der Waals surface area contributed by atoms with Crippen molar-refractivity contribution in [3.63, 3.8) is 0 Å². The summed E-state index contributed by atoms with van der Waals surface area (Å²) < 4.78 is 19.4. The zero-order valence-electron chi connectivity index (χ0n) is 12.1. The van der Waals surface area contributed by atoms with Crippen LogP contribution >= 0.6 is 0 Å². The number of hydrogen-bond acceptors (Lipinski definition) is 1. The summed E-state index contributed by atoms with van der Waals surface area (Å²) in [5, 5.41) is 0. The minimum atomic E-state index is -1.35. The Morgan fingerprint density at radius 3 is 1.88 bits per heavy atom. The van der Waals surface area contributed by atoms with E-state index in [1.165, 1.54) is 32.1 Å². The highest BCUT2D eigenvalue weighted by Crippen LogP contribution is 2.27. The van der Waals surface area contributed by atoms with Gasteiger partial charge in [0.15, 0.2) is 0 Å². The Kier molecular flexibility index (Phi) is 10.9. The van der Waals surface area contributed by atoms with Crippen molar-refractivity contribution in [1.29, 1.82) is 0 Å². The van der Waals surface area contributed by atoms with Gasteiger partial charge in [-0.3, -0.25) is 0 Å². The zero-order valence-corrected chi connectivity index (χ0v) is 12.1. The minimum absolute atomic E-state index is 0.479. The third-order valence-corrected chi connectivity index (χ3v) is 3.18. The highest BCUT2D eigenvalue weighted by molar-refractivity contribution is 4.67. The maximum atomic E-state index is 14.2. The van der Waals surface area contributed by atoms with Crippen LogP contribution in [0.4, 0.5) is 4.39 Å².